The predicted octanol–water partition coefficient (Wildman–Crippen LogP) is 4.30. The van der Waals surface area contributed by atoms with Gasteiger partial charge in [0.15, 0.2) is 0 Å². The van der Waals surface area contributed by atoms with Crippen LogP contribution in [0.3, 0.4) is 0 Å². The molecule has 0 unspecified atom stereocenters. The topological polar surface area (TPSA) is 62.7 Å². The molecule has 0 aliphatic heterocycles. The molecule has 0 saturated heterocycles. The largest absolute Gasteiger partial charge is 0.366 e. The first-order valence-corrected chi connectivity index (χ1v) is 8.00. The third-order valence-corrected chi connectivity index (χ3v) is 3.89. The van der Waals surface area contributed by atoms with Crippen molar-refractivity contribution in [1.29, 1.82) is 0 Å². The minimum atomic E-state index is 0.688. The maximum absolute atomic E-state index is 4.43. The highest BCUT2D eigenvalue weighted by Crippen LogP contribution is 2.25. The van der Waals surface area contributed by atoms with E-state index in [0.717, 1.165) is 27.4 Å². The van der Waals surface area contributed by atoms with E-state index in [2.05, 4.69) is 41.5 Å². The molecule has 2 heterocycles. The quantitative estimate of drug-likeness (QED) is 0.701. The van der Waals surface area contributed by atoms with Crippen LogP contribution in [0.2, 0.25) is 0 Å². The van der Waals surface area contributed by atoms with Crippen molar-refractivity contribution < 1.29 is 0 Å². The molecule has 0 aliphatic carbocycles. The first-order chi connectivity index (χ1) is 11.2. The fraction of sp³-hybridized carbons (Fsp3) is 0.118. The van der Waals surface area contributed by atoms with Gasteiger partial charge in [-0.15, -0.1) is 0 Å². The smallest absolute Gasteiger partial charge is 0.136 e. The summed E-state index contributed by atoms with van der Waals surface area (Å²) in [4.78, 5) is 12.9. The van der Waals surface area contributed by atoms with Crippen molar-refractivity contribution in [2.45, 2.75) is 13.5 Å². The molecule has 0 spiro atoms. The number of hydrogen-bond donors (Lipinski definition) is 2. The zero-order chi connectivity index (χ0) is 16.1. The molecule has 1 aromatic carbocycles. The van der Waals surface area contributed by atoms with Crippen LogP contribution in [0.15, 0.2) is 59.3 Å². The van der Waals surface area contributed by atoms with E-state index in [0.29, 0.717) is 12.4 Å². The number of aryl methyl sites for hydroxylation is 1. The highest BCUT2D eigenvalue weighted by Gasteiger charge is 2.04. The highest BCUT2D eigenvalue weighted by molar-refractivity contribution is 9.10. The van der Waals surface area contributed by atoms with E-state index >= 15 is 0 Å². The van der Waals surface area contributed by atoms with E-state index in [-0.39, 0.29) is 0 Å². The minimum absolute atomic E-state index is 0.688. The number of rotatable bonds is 5. The molecule has 23 heavy (non-hydrogen) atoms. The second-order valence-corrected chi connectivity index (χ2v) is 5.85. The molecule has 0 saturated carbocycles. The molecule has 2 N–H and O–H groups in total. The van der Waals surface area contributed by atoms with Crippen LogP contribution in [0.1, 0.15) is 11.4 Å². The zero-order valence-corrected chi connectivity index (χ0v) is 14.2. The van der Waals surface area contributed by atoms with Crippen LogP contribution in [0.25, 0.3) is 0 Å². The maximum atomic E-state index is 4.43. The van der Waals surface area contributed by atoms with Gasteiger partial charge in [0.2, 0.25) is 0 Å². The third kappa shape index (κ3) is 4.26. The Morgan fingerprint density at radius 1 is 1.00 bits per heavy atom. The Kier molecular flexibility index (Phi) is 4.83. The van der Waals surface area contributed by atoms with Crippen LogP contribution in [-0.2, 0) is 6.54 Å². The SMILES string of the molecule is Cc1nc(NCc2ccncc2)cc(Nc2ccccc2Br)n1. The lowest BCUT2D eigenvalue weighted by Gasteiger charge is -2.11. The number of aromatic nitrogens is 3. The van der Waals surface area contributed by atoms with Gasteiger partial charge in [-0.25, -0.2) is 9.97 Å². The van der Waals surface area contributed by atoms with E-state index in [9.17, 15) is 0 Å². The van der Waals surface area contributed by atoms with E-state index in [1.165, 1.54) is 0 Å². The second-order valence-electron chi connectivity index (χ2n) is 5.00. The van der Waals surface area contributed by atoms with Gasteiger partial charge in [-0.1, -0.05) is 12.1 Å². The van der Waals surface area contributed by atoms with Crippen molar-refractivity contribution >= 4 is 33.3 Å². The number of hydrogen-bond acceptors (Lipinski definition) is 5. The van der Waals surface area contributed by atoms with E-state index in [1.807, 2.05) is 49.4 Å². The molecule has 0 atom stereocenters. The highest BCUT2D eigenvalue weighted by atomic mass is 79.9. The lowest BCUT2D eigenvalue weighted by molar-refractivity contribution is 1.02. The van der Waals surface area contributed by atoms with Crippen LogP contribution in [0, 0.1) is 6.92 Å². The number of halogens is 1. The van der Waals surface area contributed by atoms with Gasteiger partial charge in [0.1, 0.15) is 17.5 Å². The molecule has 5 nitrogen and oxygen atoms in total. The molecule has 3 aromatic rings. The summed E-state index contributed by atoms with van der Waals surface area (Å²) in [6, 6.07) is 13.8. The molecule has 6 heteroatoms. The normalized spacial score (nSPS) is 10.3. The number of nitrogens with one attached hydrogen (secondary N) is 2. The molecular formula is C17H16BrN5. The Labute approximate surface area is 143 Å². The summed E-state index contributed by atoms with van der Waals surface area (Å²) >= 11 is 3.52. The van der Waals surface area contributed by atoms with Crippen LogP contribution in [0.4, 0.5) is 17.3 Å². The van der Waals surface area contributed by atoms with E-state index < -0.39 is 0 Å². The predicted molar refractivity (Wildman–Crippen MR) is 95.8 cm³/mol. The molecular weight excluding hydrogens is 354 g/mol. The standard InChI is InChI=1S/C17H16BrN5/c1-12-21-16(20-11-13-6-8-19-9-7-13)10-17(22-12)23-15-5-3-2-4-14(15)18/h2-10H,11H2,1H3,(H2,20,21,22,23). The van der Waals surface area contributed by atoms with Gasteiger partial charge in [0.25, 0.3) is 0 Å². The lowest BCUT2D eigenvalue weighted by Crippen LogP contribution is -2.05. The van der Waals surface area contributed by atoms with Crippen LogP contribution < -0.4 is 10.6 Å². The Hall–Kier alpha value is -2.47. The van der Waals surface area contributed by atoms with Gasteiger partial charge < -0.3 is 10.6 Å². The van der Waals surface area contributed by atoms with E-state index in [1.54, 1.807) is 12.4 Å². The number of anilines is 3. The van der Waals surface area contributed by atoms with Gasteiger partial charge in [-0.2, -0.15) is 0 Å². The van der Waals surface area contributed by atoms with Gasteiger partial charge in [-0.05, 0) is 52.7 Å². The number of benzene rings is 1. The number of pyridine rings is 1. The average Bonchev–Trinajstić information content (AvgIpc) is 2.56. The monoisotopic (exact) mass is 369 g/mol. The molecule has 0 aliphatic rings. The molecule has 0 fully saturated rings. The maximum Gasteiger partial charge on any atom is 0.136 e. The second kappa shape index (κ2) is 7.19. The molecule has 2 aromatic heterocycles. The fourth-order valence-corrected chi connectivity index (χ4v) is 2.50. The summed E-state index contributed by atoms with van der Waals surface area (Å²) in [5, 5.41) is 6.62. The van der Waals surface area contributed by atoms with Crippen molar-refractivity contribution in [3.63, 3.8) is 0 Å². The fourth-order valence-electron chi connectivity index (χ4n) is 2.12. The van der Waals surface area contributed by atoms with Gasteiger partial charge >= 0.3 is 0 Å². The molecule has 0 radical (unpaired) electrons. The molecule has 116 valence electrons. The number of para-hydroxylation sites is 1. The Morgan fingerprint density at radius 2 is 1.74 bits per heavy atom. The van der Waals surface area contributed by atoms with Crippen molar-refractivity contribution in [1.82, 2.24) is 15.0 Å². The number of nitrogens with zero attached hydrogens (tertiary/aromatic N) is 3. The third-order valence-electron chi connectivity index (χ3n) is 3.20. The lowest BCUT2D eigenvalue weighted by atomic mass is 10.3. The molecule has 0 amide bonds. The summed E-state index contributed by atoms with van der Waals surface area (Å²) in [6.07, 6.45) is 3.56. The summed E-state index contributed by atoms with van der Waals surface area (Å²) in [7, 11) is 0. The Balaban J connectivity index is 1.75. The van der Waals surface area contributed by atoms with Crippen LogP contribution in [0.5, 0.6) is 0 Å². The average molecular weight is 370 g/mol. The minimum Gasteiger partial charge on any atom is -0.366 e. The molecule has 0 bridgehead atoms. The van der Waals surface area contributed by atoms with Crippen molar-refractivity contribution in [2.75, 3.05) is 10.6 Å². The van der Waals surface area contributed by atoms with Gasteiger partial charge in [0.05, 0.1) is 5.69 Å². The van der Waals surface area contributed by atoms with Crippen molar-refractivity contribution in [2.24, 2.45) is 0 Å². The van der Waals surface area contributed by atoms with Crippen LogP contribution >= 0.6 is 15.9 Å². The van der Waals surface area contributed by atoms with Crippen LogP contribution in [-0.4, -0.2) is 15.0 Å². The summed E-state index contributed by atoms with van der Waals surface area (Å²) in [5.74, 6) is 2.24. The van der Waals surface area contributed by atoms with Gasteiger partial charge in [0, 0.05) is 29.5 Å². The van der Waals surface area contributed by atoms with Crippen molar-refractivity contribution in [3.05, 3.63) is 70.7 Å². The summed E-state index contributed by atoms with van der Waals surface area (Å²) < 4.78 is 0.988. The molecule has 3 rings (SSSR count). The Bertz CT molecular complexity index is 792. The Morgan fingerprint density at radius 3 is 2.52 bits per heavy atom. The first-order valence-electron chi connectivity index (χ1n) is 7.21. The van der Waals surface area contributed by atoms with Gasteiger partial charge in [-0.3, -0.25) is 4.98 Å². The first kappa shape index (κ1) is 15.4. The van der Waals surface area contributed by atoms with Crippen molar-refractivity contribution in [3.8, 4) is 0 Å². The summed E-state index contributed by atoms with van der Waals surface area (Å²) in [6.45, 7) is 2.57. The summed E-state index contributed by atoms with van der Waals surface area (Å²) in [5.41, 5.74) is 2.11. The zero-order valence-electron chi connectivity index (χ0n) is 12.6. The van der Waals surface area contributed by atoms with E-state index in [4.69, 9.17) is 0 Å².